The molecule has 2 aliphatic heterocycles. The first-order chi connectivity index (χ1) is 11.8. The molecule has 1 unspecified atom stereocenters. The van der Waals surface area contributed by atoms with E-state index in [0.717, 1.165) is 18.2 Å². The van der Waals surface area contributed by atoms with Crippen molar-refractivity contribution in [2.24, 2.45) is 5.16 Å². The third-order valence-electron chi connectivity index (χ3n) is 4.15. The fourth-order valence-corrected chi connectivity index (χ4v) is 2.77. The summed E-state index contributed by atoms with van der Waals surface area (Å²) in [5.74, 6) is -3.08. The van der Waals surface area contributed by atoms with E-state index in [1.807, 2.05) is 0 Å². The Hall–Kier alpha value is -2.55. The lowest BCUT2D eigenvalue weighted by Gasteiger charge is -2.22. The SMILES string of the molecule is C[C@]1(C(=O)N[C@H]2COC(C(=O)O)C2)CC(c2cc(F)cc(F)c2)=NO1. The quantitative estimate of drug-likeness (QED) is 0.847. The fourth-order valence-electron chi connectivity index (χ4n) is 2.77. The number of carbonyl (C=O) groups is 2. The first-order valence-electron chi connectivity index (χ1n) is 7.64. The van der Waals surface area contributed by atoms with E-state index in [9.17, 15) is 18.4 Å². The van der Waals surface area contributed by atoms with Crippen LogP contribution in [0.2, 0.25) is 0 Å². The van der Waals surface area contributed by atoms with E-state index in [-0.39, 0.29) is 30.7 Å². The van der Waals surface area contributed by atoms with E-state index in [4.69, 9.17) is 14.7 Å². The van der Waals surface area contributed by atoms with Crippen LogP contribution in [0.15, 0.2) is 23.4 Å². The zero-order valence-corrected chi connectivity index (χ0v) is 13.3. The average molecular weight is 354 g/mol. The van der Waals surface area contributed by atoms with Gasteiger partial charge in [-0.25, -0.2) is 13.6 Å². The summed E-state index contributed by atoms with van der Waals surface area (Å²) in [6.45, 7) is 1.58. The number of carbonyl (C=O) groups excluding carboxylic acids is 1. The van der Waals surface area contributed by atoms with Crippen molar-refractivity contribution in [3.8, 4) is 0 Å². The van der Waals surface area contributed by atoms with Crippen LogP contribution in [0.5, 0.6) is 0 Å². The predicted octanol–water partition coefficient (Wildman–Crippen LogP) is 1.21. The van der Waals surface area contributed by atoms with E-state index < -0.39 is 41.3 Å². The average Bonchev–Trinajstić information content (AvgIpc) is 3.14. The molecule has 1 saturated heterocycles. The summed E-state index contributed by atoms with van der Waals surface area (Å²) >= 11 is 0. The van der Waals surface area contributed by atoms with E-state index in [1.54, 1.807) is 0 Å². The molecule has 0 spiro atoms. The molecule has 25 heavy (non-hydrogen) atoms. The molecular weight excluding hydrogens is 338 g/mol. The minimum absolute atomic E-state index is 0.0255. The van der Waals surface area contributed by atoms with Crippen LogP contribution < -0.4 is 5.32 Å². The van der Waals surface area contributed by atoms with Crippen LogP contribution in [0, 0.1) is 11.6 Å². The second kappa shape index (κ2) is 6.40. The summed E-state index contributed by atoms with van der Waals surface area (Å²) < 4.78 is 31.7. The smallest absolute Gasteiger partial charge is 0.332 e. The molecule has 3 rings (SSSR count). The van der Waals surface area contributed by atoms with Gasteiger partial charge in [0.1, 0.15) is 11.6 Å². The minimum Gasteiger partial charge on any atom is -0.479 e. The van der Waals surface area contributed by atoms with Gasteiger partial charge >= 0.3 is 5.97 Å². The van der Waals surface area contributed by atoms with Gasteiger partial charge in [-0.1, -0.05) is 5.16 Å². The highest BCUT2D eigenvalue weighted by atomic mass is 19.1. The molecule has 9 heteroatoms. The van der Waals surface area contributed by atoms with Gasteiger partial charge in [0.2, 0.25) is 5.60 Å². The van der Waals surface area contributed by atoms with E-state index in [2.05, 4.69) is 10.5 Å². The third-order valence-corrected chi connectivity index (χ3v) is 4.15. The summed E-state index contributed by atoms with van der Waals surface area (Å²) in [5, 5.41) is 15.3. The van der Waals surface area contributed by atoms with Crippen LogP contribution in [-0.2, 0) is 19.2 Å². The van der Waals surface area contributed by atoms with Crippen molar-refractivity contribution in [1.29, 1.82) is 0 Å². The molecule has 0 saturated carbocycles. The molecule has 0 radical (unpaired) electrons. The Bertz CT molecular complexity index is 734. The number of aliphatic carboxylic acids is 1. The number of rotatable bonds is 4. The highest BCUT2D eigenvalue weighted by Crippen LogP contribution is 2.28. The molecule has 0 aliphatic carbocycles. The Morgan fingerprint density at radius 3 is 2.60 bits per heavy atom. The number of carboxylic acids is 1. The molecule has 1 aromatic carbocycles. The van der Waals surface area contributed by atoms with Crippen molar-refractivity contribution in [3.63, 3.8) is 0 Å². The van der Waals surface area contributed by atoms with Crippen LogP contribution in [0.25, 0.3) is 0 Å². The summed E-state index contributed by atoms with van der Waals surface area (Å²) in [6.07, 6.45) is -0.776. The standard InChI is InChI=1S/C16H16F2N2O5/c1-16(15(23)19-11-5-13(14(21)22)24-7-11)6-12(20-25-16)8-2-9(17)4-10(18)3-8/h2-4,11,13H,5-7H2,1H3,(H,19,23)(H,21,22)/t11-,13?,16-/m1/s1. The van der Waals surface area contributed by atoms with Crippen LogP contribution >= 0.6 is 0 Å². The number of nitrogens with one attached hydrogen (secondary N) is 1. The van der Waals surface area contributed by atoms with Crippen molar-refractivity contribution in [2.45, 2.75) is 37.5 Å². The number of nitrogens with zero attached hydrogens (tertiary/aromatic N) is 1. The molecule has 134 valence electrons. The third kappa shape index (κ3) is 3.60. The number of halogens is 2. The molecule has 0 aromatic heterocycles. The molecule has 3 atom stereocenters. The monoisotopic (exact) mass is 354 g/mol. The Morgan fingerprint density at radius 2 is 2.00 bits per heavy atom. The van der Waals surface area contributed by atoms with Gasteiger partial charge in [-0.05, 0) is 19.1 Å². The van der Waals surface area contributed by atoms with Crippen LogP contribution in [0.1, 0.15) is 25.3 Å². The van der Waals surface area contributed by atoms with E-state index in [1.165, 1.54) is 6.92 Å². The Kier molecular flexibility index (Phi) is 4.42. The van der Waals surface area contributed by atoms with Crippen molar-refractivity contribution in [1.82, 2.24) is 5.32 Å². The molecule has 2 N–H and O–H groups in total. The van der Waals surface area contributed by atoms with Crippen molar-refractivity contribution in [2.75, 3.05) is 6.61 Å². The molecule has 1 amide bonds. The van der Waals surface area contributed by atoms with Crippen molar-refractivity contribution in [3.05, 3.63) is 35.4 Å². The maximum absolute atomic E-state index is 13.3. The Balaban J connectivity index is 1.64. The zero-order valence-electron chi connectivity index (χ0n) is 13.3. The minimum atomic E-state index is -1.35. The highest BCUT2D eigenvalue weighted by molar-refractivity contribution is 6.05. The number of oxime groups is 1. The lowest BCUT2D eigenvalue weighted by atomic mass is 9.94. The predicted molar refractivity (Wildman–Crippen MR) is 80.9 cm³/mol. The molecule has 2 heterocycles. The summed E-state index contributed by atoms with van der Waals surface area (Å²) in [5.41, 5.74) is -0.898. The van der Waals surface area contributed by atoms with Gasteiger partial charge in [-0.3, -0.25) is 4.79 Å². The van der Waals surface area contributed by atoms with Crippen LogP contribution in [0.4, 0.5) is 8.78 Å². The maximum Gasteiger partial charge on any atom is 0.332 e. The topological polar surface area (TPSA) is 97.2 Å². The van der Waals surface area contributed by atoms with Gasteiger partial charge in [0, 0.05) is 24.5 Å². The molecule has 1 fully saturated rings. The highest BCUT2D eigenvalue weighted by Gasteiger charge is 2.44. The van der Waals surface area contributed by atoms with Gasteiger partial charge in [0.05, 0.1) is 18.4 Å². The number of ether oxygens (including phenoxy) is 1. The molecule has 1 aromatic rings. The summed E-state index contributed by atoms with van der Waals surface area (Å²) in [7, 11) is 0. The van der Waals surface area contributed by atoms with Gasteiger partial charge in [0.15, 0.2) is 6.10 Å². The van der Waals surface area contributed by atoms with Crippen molar-refractivity contribution < 1.29 is 33.1 Å². The summed E-state index contributed by atoms with van der Waals surface area (Å²) in [4.78, 5) is 28.5. The van der Waals surface area contributed by atoms with Crippen LogP contribution in [-0.4, -0.2) is 47.0 Å². The molecule has 0 bridgehead atoms. The lowest BCUT2D eigenvalue weighted by Crippen LogP contribution is -2.49. The largest absolute Gasteiger partial charge is 0.479 e. The Morgan fingerprint density at radius 1 is 1.32 bits per heavy atom. The fraction of sp³-hybridized carbons (Fsp3) is 0.438. The van der Waals surface area contributed by atoms with Crippen molar-refractivity contribution >= 4 is 17.6 Å². The van der Waals surface area contributed by atoms with Crippen LogP contribution in [0.3, 0.4) is 0 Å². The number of benzene rings is 1. The Labute approximate surface area is 141 Å². The molecular formula is C16H16F2N2O5. The number of amides is 1. The molecule has 2 aliphatic rings. The lowest BCUT2D eigenvalue weighted by molar-refractivity contribution is -0.147. The number of hydrogen-bond acceptors (Lipinski definition) is 5. The van der Waals surface area contributed by atoms with Gasteiger partial charge in [-0.2, -0.15) is 0 Å². The van der Waals surface area contributed by atoms with E-state index >= 15 is 0 Å². The first-order valence-corrected chi connectivity index (χ1v) is 7.64. The van der Waals surface area contributed by atoms with Gasteiger partial charge in [0.25, 0.3) is 5.91 Å². The number of carboxylic acid groups (broad SMARTS) is 1. The first kappa shape index (κ1) is 17.3. The normalized spacial score (nSPS) is 28.4. The van der Waals surface area contributed by atoms with Gasteiger partial charge < -0.3 is 20.0 Å². The second-order valence-corrected chi connectivity index (χ2v) is 6.26. The zero-order chi connectivity index (χ0) is 18.2. The summed E-state index contributed by atoms with van der Waals surface area (Å²) in [6, 6.07) is 2.50. The van der Waals surface area contributed by atoms with E-state index in [0.29, 0.717) is 0 Å². The molecule has 7 nitrogen and oxygen atoms in total. The second-order valence-electron chi connectivity index (χ2n) is 6.26. The number of hydrogen-bond donors (Lipinski definition) is 2. The van der Waals surface area contributed by atoms with Gasteiger partial charge in [-0.15, -0.1) is 0 Å². The maximum atomic E-state index is 13.3.